The number of H-pyrrole nitrogens is 1. The minimum absolute atomic E-state index is 0.495. The molecule has 23 heavy (non-hydrogen) atoms. The van der Waals surface area contributed by atoms with Crippen LogP contribution >= 0.6 is 0 Å². The van der Waals surface area contributed by atoms with Gasteiger partial charge in [-0.05, 0) is 37.3 Å². The Morgan fingerprint density at radius 1 is 1.30 bits per heavy atom. The number of hydrogen-bond donors (Lipinski definition) is 2. The molecule has 4 rings (SSSR count). The molecular formula is C17H20N6. The van der Waals surface area contributed by atoms with E-state index in [1.165, 1.54) is 12.8 Å². The highest BCUT2D eigenvalue weighted by Gasteiger charge is 2.29. The molecule has 3 heterocycles. The van der Waals surface area contributed by atoms with Gasteiger partial charge in [0.1, 0.15) is 17.5 Å². The maximum absolute atomic E-state index is 9.35. The third-order valence-corrected chi connectivity index (χ3v) is 4.59. The molecule has 2 aliphatic rings. The number of nitrogens with one attached hydrogen (secondary N) is 2. The van der Waals surface area contributed by atoms with Crippen LogP contribution in [0.3, 0.4) is 0 Å². The van der Waals surface area contributed by atoms with Crippen molar-refractivity contribution in [3.8, 4) is 6.07 Å². The van der Waals surface area contributed by atoms with Crippen LogP contribution in [0.15, 0.2) is 18.3 Å². The van der Waals surface area contributed by atoms with Gasteiger partial charge in [-0.3, -0.25) is 5.10 Å². The Labute approximate surface area is 135 Å². The molecule has 0 unspecified atom stereocenters. The number of aromatic nitrogens is 3. The zero-order valence-corrected chi connectivity index (χ0v) is 13.0. The highest BCUT2D eigenvalue weighted by atomic mass is 15.2. The third-order valence-electron chi connectivity index (χ3n) is 4.59. The largest absolute Gasteiger partial charge is 0.363 e. The van der Waals surface area contributed by atoms with Crippen LogP contribution < -0.4 is 10.2 Å². The molecule has 1 saturated carbocycles. The van der Waals surface area contributed by atoms with Crippen LogP contribution in [0, 0.1) is 11.3 Å². The molecule has 0 radical (unpaired) electrons. The van der Waals surface area contributed by atoms with Gasteiger partial charge in [0.25, 0.3) is 0 Å². The van der Waals surface area contributed by atoms with Crippen LogP contribution in [-0.2, 0) is 6.54 Å². The molecular weight excluding hydrogens is 288 g/mol. The monoisotopic (exact) mass is 308 g/mol. The Balaban J connectivity index is 1.42. The number of rotatable bonds is 5. The summed E-state index contributed by atoms with van der Waals surface area (Å²) in [4.78, 5) is 6.87. The molecule has 0 spiro atoms. The van der Waals surface area contributed by atoms with Gasteiger partial charge in [0.2, 0.25) is 0 Å². The lowest BCUT2D eigenvalue weighted by molar-refractivity contribution is 0.930. The van der Waals surface area contributed by atoms with Gasteiger partial charge in [-0.1, -0.05) is 6.07 Å². The van der Waals surface area contributed by atoms with Crippen molar-refractivity contribution in [2.24, 2.45) is 0 Å². The SMILES string of the molecule is N#Cc1c(NCc2ccc(N3CCCC3)nc2)n[nH]c1C1CC1. The van der Waals surface area contributed by atoms with Gasteiger partial charge in [-0.15, -0.1) is 0 Å². The van der Waals surface area contributed by atoms with Crippen molar-refractivity contribution >= 4 is 11.6 Å². The first kappa shape index (κ1) is 14.1. The van der Waals surface area contributed by atoms with Crippen LogP contribution in [0.2, 0.25) is 0 Å². The van der Waals surface area contributed by atoms with Gasteiger partial charge >= 0.3 is 0 Å². The summed E-state index contributed by atoms with van der Waals surface area (Å²) in [6, 6.07) is 6.44. The number of anilines is 2. The average Bonchev–Trinajstić information content (AvgIpc) is 3.13. The summed E-state index contributed by atoms with van der Waals surface area (Å²) in [5, 5.41) is 19.9. The van der Waals surface area contributed by atoms with E-state index in [-0.39, 0.29) is 0 Å². The van der Waals surface area contributed by atoms with Crippen molar-refractivity contribution in [3.05, 3.63) is 35.2 Å². The third kappa shape index (κ3) is 2.87. The molecule has 2 aromatic rings. The van der Waals surface area contributed by atoms with Gasteiger partial charge in [0.15, 0.2) is 5.82 Å². The van der Waals surface area contributed by atoms with Gasteiger partial charge < -0.3 is 10.2 Å². The summed E-state index contributed by atoms with van der Waals surface area (Å²) in [5.74, 6) is 2.20. The molecule has 0 bridgehead atoms. The molecule has 2 aromatic heterocycles. The first-order chi connectivity index (χ1) is 11.3. The van der Waals surface area contributed by atoms with Gasteiger partial charge in [-0.2, -0.15) is 10.4 Å². The molecule has 0 atom stereocenters. The molecule has 2 N–H and O–H groups in total. The minimum atomic E-state index is 0.495. The Morgan fingerprint density at radius 3 is 2.78 bits per heavy atom. The van der Waals surface area contributed by atoms with E-state index in [0.29, 0.717) is 23.8 Å². The molecule has 1 aliphatic carbocycles. The van der Waals surface area contributed by atoms with Crippen molar-refractivity contribution in [2.45, 2.75) is 38.1 Å². The number of nitriles is 1. The summed E-state index contributed by atoms with van der Waals surface area (Å²) < 4.78 is 0. The summed E-state index contributed by atoms with van der Waals surface area (Å²) >= 11 is 0. The lowest BCUT2D eigenvalue weighted by Gasteiger charge is -2.16. The van der Waals surface area contributed by atoms with E-state index in [1.54, 1.807) is 0 Å². The summed E-state index contributed by atoms with van der Waals surface area (Å²) in [5.41, 5.74) is 2.74. The van der Waals surface area contributed by atoms with Crippen molar-refractivity contribution in [1.29, 1.82) is 5.26 Å². The van der Waals surface area contributed by atoms with E-state index in [4.69, 9.17) is 0 Å². The summed E-state index contributed by atoms with van der Waals surface area (Å²) in [6.07, 6.45) is 6.71. The normalized spacial score (nSPS) is 17.3. The number of aromatic amines is 1. The predicted molar refractivity (Wildman–Crippen MR) is 88.3 cm³/mol. The van der Waals surface area contributed by atoms with Crippen molar-refractivity contribution < 1.29 is 0 Å². The summed E-state index contributed by atoms with van der Waals surface area (Å²) in [6.45, 7) is 2.83. The number of pyridine rings is 1. The number of nitrogens with zero attached hydrogens (tertiary/aromatic N) is 4. The lowest BCUT2D eigenvalue weighted by Crippen LogP contribution is -2.18. The standard InChI is InChI=1S/C17H20N6/c18-9-14-16(13-4-5-13)21-22-17(14)20-11-12-3-6-15(19-10-12)23-7-1-2-8-23/h3,6,10,13H,1-2,4-5,7-8,11H2,(H2,20,21,22). The second-order valence-electron chi connectivity index (χ2n) is 6.32. The van der Waals surface area contributed by atoms with E-state index in [0.717, 1.165) is 43.0 Å². The molecule has 1 saturated heterocycles. The van der Waals surface area contributed by atoms with Crippen molar-refractivity contribution in [1.82, 2.24) is 15.2 Å². The Kier molecular flexibility index (Phi) is 3.62. The molecule has 118 valence electrons. The first-order valence-electron chi connectivity index (χ1n) is 8.27. The lowest BCUT2D eigenvalue weighted by atomic mass is 10.2. The number of hydrogen-bond acceptors (Lipinski definition) is 5. The van der Waals surface area contributed by atoms with Crippen LogP contribution in [0.4, 0.5) is 11.6 Å². The second kappa shape index (κ2) is 5.92. The van der Waals surface area contributed by atoms with Crippen LogP contribution in [-0.4, -0.2) is 28.3 Å². The molecule has 6 nitrogen and oxygen atoms in total. The fraction of sp³-hybridized carbons (Fsp3) is 0.471. The van der Waals surface area contributed by atoms with E-state index >= 15 is 0 Å². The molecule has 0 aromatic carbocycles. The minimum Gasteiger partial charge on any atom is -0.363 e. The Bertz CT molecular complexity index is 717. The van der Waals surface area contributed by atoms with E-state index in [9.17, 15) is 5.26 Å². The fourth-order valence-electron chi connectivity index (χ4n) is 3.10. The first-order valence-corrected chi connectivity index (χ1v) is 8.27. The second-order valence-corrected chi connectivity index (χ2v) is 6.32. The zero-order valence-electron chi connectivity index (χ0n) is 13.0. The fourth-order valence-corrected chi connectivity index (χ4v) is 3.10. The van der Waals surface area contributed by atoms with E-state index in [1.807, 2.05) is 6.20 Å². The highest BCUT2D eigenvalue weighted by Crippen LogP contribution is 2.41. The molecule has 6 heteroatoms. The van der Waals surface area contributed by atoms with E-state index < -0.39 is 0 Å². The van der Waals surface area contributed by atoms with Gasteiger partial charge in [0, 0.05) is 31.7 Å². The van der Waals surface area contributed by atoms with Crippen LogP contribution in [0.1, 0.15) is 48.4 Å². The van der Waals surface area contributed by atoms with Crippen molar-refractivity contribution in [2.75, 3.05) is 23.3 Å². The Hall–Kier alpha value is -2.55. The molecule has 1 aliphatic heterocycles. The maximum Gasteiger partial charge on any atom is 0.166 e. The smallest absolute Gasteiger partial charge is 0.166 e. The average molecular weight is 308 g/mol. The molecule has 0 amide bonds. The Morgan fingerprint density at radius 2 is 2.13 bits per heavy atom. The van der Waals surface area contributed by atoms with Gasteiger partial charge in [-0.25, -0.2) is 4.98 Å². The highest BCUT2D eigenvalue weighted by molar-refractivity contribution is 5.56. The topological polar surface area (TPSA) is 80.6 Å². The summed E-state index contributed by atoms with van der Waals surface area (Å²) in [7, 11) is 0. The van der Waals surface area contributed by atoms with E-state index in [2.05, 4.69) is 43.6 Å². The quantitative estimate of drug-likeness (QED) is 0.887. The van der Waals surface area contributed by atoms with Crippen molar-refractivity contribution in [3.63, 3.8) is 0 Å². The van der Waals surface area contributed by atoms with Crippen LogP contribution in [0.25, 0.3) is 0 Å². The molecule has 2 fully saturated rings. The predicted octanol–water partition coefficient (Wildman–Crippen LogP) is 2.77. The van der Waals surface area contributed by atoms with Gasteiger partial charge in [0.05, 0.1) is 5.69 Å². The zero-order chi connectivity index (χ0) is 15.6. The van der Waals surface area contributed by atoms with Crippen LogP contribution in [0.5, 0.6) is 0 Å². The maximum atomic E-state index is 9.35.